The van der Waals surface area contributed by atoms with E-state index in [1.165, 1.54) is 12.1 Å². The maximum absolute atomic E-state index is 13.3. The van der Waals surface area contributed by atoms with Crippen LogP contribution in [-0.4, -0.2) is 13.2 Å². The highest BCUT2D eigenvalue weighted by Crippen LogP contribution is 2.39. The molecule has 0 amide bonds. The van der Waals surface area contributed by atoms with Crippen LogP contribution in [0.25, 0.3) is 0 Å². The first kappa shape index (κ1) is 12.1. The third-order valence-corrected chi connectivity index (χ3v) is 2.46. The molecule has 0 saturated carbocycles. The van der Waals surface area contributed by atoms with Gasteiger partial charge in [-0.1, -0.05) is 0 Å². The van der Waals surface area contributed by atoms with E-state index in [-0.39, 0.29) is 12.2 Å². The van der Waals surface area contributed by atoms with Gasteiger partial charge in [0.2, 0.25) is 0 Å². The molecule has 6 heteroatoms. The topological polar surface area (TPSA) is 53.7 Å². The number of halogens is 2. The van der Waals surface area contributed by atoms with E-state index in [9.17, 15) is 8.78 Å². The summed E-state index contributed by atoms with van der Waals surface area (Å²) in [6.07, 6.45) is 0. The van der Waals surface area contributed by atoms with Crippen molar-refractivity contribution in [3.8, 4) is 11.5 Å². The first-order valence-corrected chi connectivity index (χ1v) is 5.15. The predicted octanol–water partition coefficient (Wildman–Crippen LogP) is 1.96. The van der Waals surface area contributed by atoms with Crippen LogP contribution in [0.5, 0.6) is 11.5 Å². The van der Waals surface area contributed by atoms with Crippen molar-refractivity contribution >= 4 is 0 Å². The monoisotopic (exact) mass is 245 g/mol. The molecule has 1 aromatic carbocycles. The molecule has 1 aromatic rings. The lowest BCUT2D eigenvalue weighted by Crippen LogP contribution is -2.19. The first-order valence-electron chi connectivity index (χ1n) is 5.15. The molecule has 1 aliphatic heterocycles. The molecule has 4 nitrogen and oxygen atoms in total. The second-order valence-corrected chi connectivity index (χ2v) is 3.86. The Morgan fingerprint density at radius 1 is 1.35 bits per heavy atom. The lowest BCUT2D eigenvalue weighted by Gasteiger charge is -2.23. The van der Waals surface area contributed by atoms with Gasteiger partial charge in [-0.2, -0.15) is 0 Å². The molecule has 0 atom stereocenters. The molecule has 17 heavy (non-hydrogen) atoms. The minimum absolute atomic E-state index is 0.00435. The Morgan fingerprint density at radius 2 is 2.06 bits per heavy atom. The molecular formula is C11H13F2NO3. The van der Waals surface area contributed by atoms with Gasteiger partial charge in [-0.05, 0) is 12.1 Å². The first-order chi connectivity index (χ1) is 8.02. The van der Waals surface area contributed by atoms with Gasteiger partial charge in [-0.3, -0.25) is 4.84 Å². The van der Waals surface area contributed by atoms with E-state index >= 15 is 0 Å². The normalized spacial score (nSPS) is 14.8. The molecule has 94 valence electrons. The van der Waals surface area contributed by atoms with Gasteiger partial charge < -0.3 is 9.47 Å². The smallest absolute Gasteiger partial charge is 0.270 e. The van der Waals surface area contributed by atoms with Gasteiger partial charge in [-0.25, -0.2) is 14.7 Å². The summed E-state index contributed by atoms with van der Waals surface area (Å²) in [7, 11) is 0. The Hall–Kier alpha value is -1.40. The minimum Gasteiger partial charge on any atom is -0.486 e. The lowest BCUT2D eigenvalue weighted by molar-refractivity contribution is 0.0165. The molecule has 1 heterocycles. The summed E-state index contributed by atoms with van der Waals surface area (Å²) in [5.41, 5.74) is 0.315. The average Bonchev–Trinajstić information content (AvgIpc) is 2.28. The van der Waals surface area contributed by atoms with Crippen molar-refractivity contribution in [1.29, 1.82) is 0 Å². The van der Waals surface area contributed by atoms with E-state index in [0.29, 0.717) is 30.3 Å². The van der Waals surface area contributed by atoms with Crippen LogP contribution in [0, 0.1) is 0 Å². The van der Waals surface area contributed by atoms with Crippen LogP contribution >= 0.6 is 0 Å². The highest BCUT2D eigenvalue weighted by molar-refractivity contribution is 5.51. The van der Waals surface area contributed by atoms with Crippen LogP contribution < -0.4 is 15.4 Å². The maximum Gasteiger partial charge on any atom is 0.270 e. The largest absolute Gasteiger partial charge is 0.486 e. The summed E-state index contributed by atoms with van der Waals surface area (Å²) in [6.45, 7) is 1.54. The Balaban J connectivity index is 2.48. The van der Waals surface area contributed by atoms with Crippen molar-refractivity contribution in [2.45, 2.75) is 19.5 Å². The predicted molar refractivity (Wildman–Crippen MR) is 56.0 cm³/mol. The zero-order chi connectivity index (χ0) is 12.5. The number of benzene rings is 1. The molecule has 0 aromatic heterocycles. The molecule has 2 N–H and O–H groups in total. The zero-order valence-electron chi connectivity index (χ0n) is 9.33. The number of rotatable bonds is 3. The molecule has 2 rings (SSSR count). The third-order valence-electron chi connectivity index (χ3n) is 2.46. The Bertz CT molecular complexity index is 418. The number of ether oxygens (including phenoxy) is 2. The van der Waals surface area contributed by atoms with Crippen molar-refractivity contribution in [3.63, 3.8) is 0 Å². The van der Waals surface area contributed by atoms with Crippen LogP contribution in [0.3, 0.4) is 0 Å². The van der Waals surface area contributed by atoms with Crippen molar-refractivity contribution in [3.05, 3.63) is 23.3 Å². The van der Waals surface area contributed by atoms with Crippen molar-refractivity contribution in [1.82, 2.24) is 0 Å². The Morgan fingerprint density at radius 3 is 2.71 bits per heavy atom. The van der Waals surface area contributed by atoms with Crippen LogP contribution in [0.4, 0.5) is 8.78 Å². The van der Waals surface area contributed by atoms with E-state index in [2.05, 4.69) is 4.84 Å². The number of hydrogen-bond acceptors (Lipinski definition) is 4. The lowest BCUT2D eigenvalue weighted by atomic mass is 10.0. The fourth-order valence-corrected chi connectivity index (χ4v) is 1.68. The molecule has 0 unspecified atom stereocenters. The second-order valence-electron chi connectivity index (χ2n) is 3.86. The van der Waals surface area contributed by atoms with Crippen LogP contribution in [0.15, 0.2) is 12.1 Å². The van der Waals surface area contributed by atoms with Crippen LogP contribution in [0.1, 0.15) is 18.1 Å². The minimum atomic E-state index is -2.95. The summed E-state index contributed by atoms with van der Waals surface area (Å²) in [4.78, 5) is 4.48. The third kappa shape index (κ3) is 2.48. The van der Waals surface area contributed by atoms with Crippen LogP contribution in [-0.2, 0) is 17.4 Å². The van der Waals surface area contributed by atoms with Crippen molar-refractivity contribution in [2.75, 3.05) is 13.2 Å². The summed E-state index contributed by atoms with van der Waals surface area (Å²) in [5.74, 6) is 2.76. The molecule has 0 saturated heterocycles. The summed E-state index contributed by atoms with van der Waals surface area (Å²) >= 11 is 0. The summed E-state index contributed by atoms with van der Waals surface area (Å²) in [5, 5.41) is 0. The van der Waals surface area contributed by atoms with Gasteiger partial charge in [0.25, 0.3) is 5.92 Å². The Labute approximate surface area is 97.2 Å². The second kappa shape index (κ2) is 4.46. The summed E-state index contributed by atoms with van der Waals surface area (Å²) < 4.78 is 37.2. The van der Waals surface area contributed by atoms with Gasteiger partial charge in [0.15, 0.2) is 11.5 Å². The number of fused-ring (bicyclic) bond motifs is 1. The van der Waals surface area contributed by atoms with Gasteiger partial charge in [0.05, 0.1) is 6.61 Å². The quantitative estimate of drug-likeness (QED) is 0.827. The molecule has 0 radical (unpaired) electrons. The molecule has 0 spiro atoms. The van der Waals surface area contributed by atoms with E-state index in [1.807, 2.05) is 0 Å². The summed E-state index contributed by atoms with van der Waals surface area (Å²) in [6, 6.07) is 2.61. The Kier molecular flexibility index (Phi) is 3.17. The van der Waals surface area contributed by atoms with E-state index in [0.717, 1.165) is 6.92 Å². The molecule has 0 aliphatic carbocycles. The van der Waals surface area contributed by atoms with Gasteiger partial charge >= 0.3 is 0 Å². The van der Waals surface area contributed by atoms with E-state index in [4.69, 9.17) is 15.4 Å². The number of nitrogens with two attached hydrogens (primary N) is 1. The van der Waals surface area contributed by atoms with Crippen molar-refractivity contribution < 1.29 is 23.1 Å². The van der Waals surface area contributed by atoms with E-state index in [1.54, 1.807) is 0 Å². The molecule has 0 bridgehead atoms. The zero-order valence-corrected chi connectivity index (χ0v) is 9.33. The molecule has 0 fully saturated rings. The fraction of sp³-hybridized carbons (Fsp3) is 0.455. The van der Waals surface area contributed by atoms with Crippen molar-refractivity contribution in [2.24, 2.45) is 5.90 Å². The van der Waals surface area contributed by atoms with Gasteiger partial charge in [0.1, 0.15) is 13.2 Å². The highest BCUT2D eigenvalue weighted by atomic mass is 19.3. The molecule has 1 aliphatic rings. The number of alkyl halides is 2. The molecular weight excluding hydrogens is 232 g/mol. The standard InChI is InChI=1S/C11H13F2NO3/c1-11(12,13)8-4-7(6-17-14)10-9(5-8)15-2-3-16-10/h4-5H,2-3,6,14H2,1H3. The van der Waals surface area contributed by atoms with Crippen LogP contribution in [0.2, 0.25) is 0 Å². The van der Waals surface area contributed by atoms with Gasteiger partial charge in [-0.15, -0.1) is 0 Å². The fourth-order valence-electron chi connectivity index (χ4n) is 1.68. The number of hydrogen-bond donors (Lipinski definition) is 1. The highest BCUT2D eigenvalue weighted by Gasteiger charge is 2.28. The van der Waals surface area contributed by atoms with E-state index < -0.39 is 5.92 Å². The maximum atomic E-state index is 13.3. The SMILES string of the molecule is CC(F)(F)c1cc(CON)c2c(c1)OCCO2. The van der Waals surface area contributed by atoms with Gasteiger partial charge in [0, 0.05) is 18.1 Å². The average molecular weight is 245 g/mol.